The van der Waals surface area contributed by atoms with E-state index < -0.39 is 0 Å². The lowest BCUT2D eigenvalue weighted by atomic mass is 10.0. The summed E-state index contributed by atoms with van der Waals surface area (Å²) >= 11 is 3.60. The van der Waals surface area contributed by atoms with E-state index in [1.54, 1.807) is 0 Å². The molecular formula is C13H17BrN4. The minimum absolute atomic E-state index is 0.400. The summed E-state index contributed by atoms with van der Waals surface area (Å²) in [6.07, 6.45) is 3.75. The van der Waals surface area contributed by atoms with Gasteiger partial charge in [-0.25, -0.2) is 0 Å². The van der Waals surface area contributed by atoms with Crippen molar-refractivity contribution in [3.8, 4) is 0 Å². The van der Waals surface area contributed by atoms with Crippen molar-refractivity contribution in [1.82, 2.24) is 19.5 Å². The summed E-state index contributed by atoms with van der Waals surface area (Å²) in [5, 5.41) is 8.70. The second-order valence-electron chi connectivity index (χ2n) is 4.74. The third-order valence-electron chi connectivity index (χ3n) is 3.72. The second-order valence-corrected chi connectivity index (χ2v) is 5.55. The van der Waals surface area contributed by atoms with Gasteiger partial charge in [-0.15, -0.1) is 10.2 Å². The first kappa shape index (κ1) is 12.1. The molecule has 2 aromatic heterocycles. The Balaban J connectivity index is 2.07. The fraction of sp³-hybridized carbons (Fsp3) is 0.538. The average molecular weight is 309 g/mol. The molecule has 2 aromatic rings. The van der Waals surface area contributed by atoms with Gasteiger partial charge >= 0.3 is 0 Å². The van der Waals surface area contributed by atoms with E-state index >= 15 is 0 Å². The van der Waals surface area contributed by atoms with Gasteiger partial charge in [0.15, 0.2) is 11.5 Å². The monoisotopic (exact) mass is 308 g/mol. The maximum Gasteiger partial charge on any atom is 0.161 e. The van der Waals surface area contributed by atoms with Gasteiger partial charge in [0.25, 0.3) is 0 Å². The van der Waals surface area contributed by atoms with Crippen LogP contribution in [-0.4, -0.2) is 32.6 Å². The number of halogens is 1. The number of piperidine rings is 1. The third kappa shape index (κ3) is 1.95. The Bertz CT molecular complexity index is 551. The van der Waals surface area contributed by atoms with Crippen LogP contribution in [0, 0.1) is 0 Å². The molecule has 0 bridgehead atoms. The molecule has 96 valence electrons. The molecule has 5 heteroatoms. The average Bonchev–Trinajstić information content (AvgIpc) is 2.84. The minimum atomic E-state index is 0.400. The number of hydrogen-bond donors (Lipinski definition) is 0. The number of fused-ring (bicyclic) bond motifs is 1. The van der Waals surface area contributed by atoms with Crippen LogP contribution < -0.4 is 0 Å². The third-order valence-corrected chi connectivity index (χ3v) is 4.34. The number of aromatic nitrogens is 3. The summed E-state index contributed by atoms with van der Waals surface area (Å²) in [7, 11) is 0. The molecule has 1 unspecified atom stereocenters. The van der Waals surface area contributed by atoms with Crippen LogP contribution in [-0.2, 0) is 0 Å². The van der Waals surface area contributed by atoms with Crippen molar-refractivity contribution >= 4 is 21.6 Å². The number of pyridine rings is 1. The first-order valence-corrected chi connectivity index (χ1v) is 7.34. The minimum Gasteiger partial charge on any atom is -0.294 e. The molecule has 0 aliphatic carbocycles. The van der Waals surface area contributed by atoms with Crippen LogP contribution in [0.3, 0.4) is 0 Å². The van der Waals surface area contributed by atoms with Gasteiger partial charge in [0.2, 0.25) is 0 Å². The van der Waals surface area contributed by atoms with Crippen LogP contribution in [0.2, 0.25) is 0 Å². The van der Waals surface area contributed by atoms with Crippen molar-refractivity contribution in [1.29, 1.82) is 0 Å². The van der Waals surface area contributed by atoms with E-state index in [0.717, 1.165) is 22.6 Å². The van der Waals surface area contributed by atoms with Crippen molar-refractivity contribution in [3.05, 3.63) is 28.6 Å². The Hall–Kier alpha value is -0.940. The predicted octanol–water partition coefficient (Wildman–Crippen LogP) is 3.04. The molecule has 1 saturated heterocycles. The molecular weight excluding hydrogens is 292 g/mol. The SMILES string of the molecule is CCN1CCCCC1c1nnc2cccc(Br)n12. The Labute approximate surface area is 115 Å². The number of rotatable bonds is 2. The van der Waals surface area contributed by atoms with E-state index in [2.05, 4.69) is 42.4 Å². The van der Waals surface area contributed by atoms with Gasteiger partial charge in [-0.2, -0.15) is 0 Å². The van der Waals surface area contributed by atoms with E-state index in [-0.39, 0.29) is 0 Å². The van der Waals surface area contributed by atoms with Crippen LogP contribution in [0.25, 0.3) is 5.65 Å². The quantitative estimate of drug-likeness (QED) is 0.800. The lowest BCUT2D eigenvalue weighted by Gasteiger charge is -2.33. The first-order valence-electron chi connectivity index (χ1n) is 6.55. The summed E-state index contributed by atoms with van der Waals surface area (Å²) in [6, 6.07) is 6.44. The number of nitrogens with zero attached hydrogens (tertiary/aromatic N) is 4. The van der Waals surface area contributed by atoms with Crippen molar-refractivity contribution in [2.75, 3.05) is 13.1 Å². The Kier molecular flexibility index (Phi) is 3.35. The topological polar surface area (TPSA) is 33.4 Å². The summed E-state index contributed by atoms with van der Waals surface area (Å²) in [4.78, 5) is 2.50. The van der Waals surface area contributed by atoms with Gasteiger partial charge in [-0.3, -0.25) is 9.30 Å². The molecule has 1 fully saturated rings. The summed E-state index contributed by atoms with van der Waals surface area (Å²) in [6.45, 7) is 4.46. The molecule has 1 atom stereocenters. The molecule has 0 saturated carbocycles. The zero-order valence-corrected chi connectivity index (χ0v) is 12.1. The van der Waals surface area contributed by atoms with Crippen LogP contribution in [0.4, 0.5) is 0 Å². The summed E-state index contributed by atoms with van der Waals surface area (Å²) < 4.78 is 3.15. The van der Waals surface area contributed by atoms with E-state index in [9.17, 15) is 0 Å². The van der Waals surface area contributed by atoms with Gasteiger partial charge in [0.1, 0.15) is 0 Å². The molecule has 0 amide bonds. The van der Waals surface area contributed by atoms with Crippen molar-refractivity contribution in [2.24, 2.45) is 0 Å². The largest absolute Gasteiger partial charge is 0.294 e. The predicted molar refractivity (Wildman–Crippen MR) is 74.5 cm³/mol. The van der Waals surface area contributed by atoms with E-state index in [4.69, 9.17) is 0 Å². The fourth-order valence-electron chi connectivity index (χ4n) is 2.80. The molecule has 0 spiro atoms. The second kappa shape index (κ2) is 4.97. The van der Waals surface area contributed by atoms with Crippen molar-refractivity contribution in [3.63, 3.8) is 0 Å². The van der Waals surface area contributed by atoms with Crippen LogP contribution in [0.15, 0.2) is 22.8 Å². The lowest BCUT2D eigenvalue weighted by molar-refractivity contribution is 0.149. The van der Waals surface area contributed by atoms with Gasteiger partial charge < -0.3 is 0 Å². The summed E-state index contributed by atoms with van der Waals surface area (Å²) in [5.74, 6) is 1.07. The molecule has 1 aliphatic heterocycles. The van der Waals surface area contributed by atoms with Crippen LogP contribution in [0.5, 0.6) is 0 Å². The highest BCUT2D eigenvalue weighted by molar-refractivity contribution is 9.10. The molecule has 0 radical (unpaired) electrons. The highest BCUT2D eigenvalue weighted by atomic mass is 79.9. The van der Waals surface area contributed by atoms with Crippen molar-refractivity contribution in [2.45, 2.75) is 32.2 Å². The number of likely N-dealkylation sites (tertiary alicyclic amines) is 1. The van der Waals surface area contributed by atoms with E-state index in [1.165, 1.54) is 25.8 Å². The molecule has 0 N–H and O–H groups in total. The lowest BCUT2D eigenvalue weighted by Crippen LogP contribution is -2.34. The van der Waals surface area contributed by atoms with Gasteiger partial charge in [0, 0.05) is 0 Å². The fourth-order valence-corrected chi connectivity index (χ4v) is 3.32. The first-order chi connectivity index (χ1) is 8.81. The van der Waals surface area contributed by atoms with E-state index in [0.29, 0.717) is 6.04 Å². The van der Waals surface area contributed by atoms with Crippen molar-refractivity contribution < 1.29 is 0 Å². The Morgan fingerprint density at radius 3 is 3.06 bits per heavy atom. The highest BCUT2D eigenvalue weighted by Gasteiger charge is 2.27. The highest BCUT2D eigenvalue weighted by Crippen LogP contribution is 2.30. The standard InChI is InChI=1S/C13H17BrN4/c1-2-17-9-4-3-6-10(17)13-16-15-12-8-5-7-11(14)18(12)13/h5,7-8,10H,2-4,6,9H2,1H3. The number of hydrogen-bond acceptors (Lipinski definition) is 3. The maximum atomic E-state index is 4.42. The normalized spacial score (nSPS) is 21.6. The molecule has 3 rings (SSSR count). The van der Waals surface area contributed by atoms with Gasteiger partial charge in [-0.1, -0.05) is 19.4 Å². The molecule has 3 heterocycles. The Morgan fingerprint density at radius 2 is 2.22 bits per heavy atom. The maximum absolute atomic E-state index is 4.42. The van der Waals surface area contributed by atoms with E-state index in [1.807, 2.05) is 18.2 Å². The zero-order chi connectivity index (χ0) is 12.5. The van der Waals surface area contributed by atoms with Gasteiger partial charge in [0.05, 0.1) is 10.6 Å². The van der Waals surface area contributed by atoms with Crippen LogP contribution in [0.1, 0.15) is 38.1 Å². The summed E-state index contributed by atoms with van der Waals surface area (Å²) in [5.41, 5.74) is 0.918. The zero-order valence-electron chi connectivity index (χ0n) is 10.5. The molecule has 18 heavy (non-hydrogen) atoms. The molecule has 0 aromatic carbocycles. The smallest absolute Gasteiger partial charge is 0.161 e. The Morgan fingerprint density at radius 1 is 1.33 bits per heavy atom. The van der Waals surface area contributed by atoms with Crippen LogP contribution >= 0.6 is 15.9 Å². The molecule has 1 aliphatic rings. The van der Waals surface area contributed by atoms with Gasteiger partial charge in [-0.05, 0) is 54.0 Å². The molecule has 4 nitrogen and oxygen atoms in total.